The number of rotatable bonds is 12. The van der Waals surface area contributed by atoms with Crippen LogP contribution in [-0.4, -0.2) is 40.3 Å². The van der Waals surface area contributed by atoms with Crippen molar-refractivity contribution in [2.75, 3.05) is 24.1 Å². The highest BCUT2D eigenvalue weighted by Crippen LogP contribution is 2.28. The SMILES string of the molecule is CCCOc1ccc(/C=N\NC(=O)CN(c2cccc(Br)c2)S(=O)(=O)c2ccccc2)cc1OCC. The zero-order valence-electron chi connectivity index (χ0n) is 20.1. The lowest BCUT2D eigenvalue weighted by Gasteiger charge is -2.23. The third kappa shape index (κ3) is 7.32. The first-order valence-electron chi connectivity index (χ1n) is 11.4. The average Bonchev–Trinajstić information content (AvgIpc) is 2.87. The van der Waals surface area contributed by atoms with Crippen LogP contribution in [0.15, 0.2) is 87.3 Å². The first-order chi connectivity index (χ1) is 17.3. The second-order valence-electron chi connectivity index (χ2n) is 7.59. The van der Waals surface area contributed by atoms with Crippen LogP contribution in [0, 0.1) is 0 Å². The second kappa shape index (κ2) is 13.1. The normalized spacial score (nSPS) is 11.3. The number of halogens is 1. The van der Waals surface area contributed by atoms with Crippen molar-refractivity contribution in [1.82, 2.24) is 5.43 Å². The summed E-state index contributed by atoms with van der Waals surface area (Å²) in [6, 6.07) is 20.0. The van der Waals surface area contributed by atoms with Gasteiger partial charge in [-0.2, -0.15) is 5.10 Å². The summed E-state index contributed by atoms with van der Waals surface area (Å²) in [7, 11) is -4.00. The van der Waals surface area contributed by atoms with Crippen LogP contribution in [0.2, 0.25) is 0 Å². The Balaban J connectivity index is 1.77. The van der Waals surface area contributed by atoms with Crippen LogP contribution < -0.4 is 19.2 Å². The number of nitrogens with one attached hydrogen (secondary N) is 1. The molecule has 3 aromatic rings. The summed E-state index contributed by atoms with van der Waals surface area (Å²) in [4.78, 5) is 12.8. The second-order valence-corrected chi connectivity index (χ2v) is 10.4. The average molecular weight is 574 g/mol. The molecule has 0 unspecified atom stereocenters. The Bertz CT molecular complexity index is 1300. The molecule has 0 atom stereocenters. The summed E-state index contributed by atoms with van der Waals surface area (Å²) in [6.45, 7) is 4.49. The Labute approximate surface area is 220 Å². The minimum atomic E-state index is -4.00. The molecule has 0 radical (unpaired) electrons. The molecule has 0 aliphatic heterocycles. The fraction of sp³-hybridized carbons (Fsp3) is 0.231. The highest BCUT2D eigenvalue weighted by atomic mass is 79.9. The maximum absolute atomic E-state index is 13.3. The smallest absolute Gasteiger partial charge is 0.264 e. The van der Waals surface area contributed by atoms with Gasteiger partial charge >= 0.3 is 0 Å². The number of hydrogen-bond donors (Lipinski definition) is 1. The van der Waals surface area contributed by atoms with E-state index in [0.29, 0.717) is 40.4 Å². The maximum atomic E-state index is 13.3. The molecule has 0 aromatic heterocycles. The summed E-state index contributed by atoms with van der Waals surface area (Å²) in [5.41, 5.74) is 3.44. The van der Waals surface area contributed by atoms with Crippen LogP contribution >= 0.6 is 15.9 Å². The molecule has 0 saturated heterocycles. The standard InChI is InChI=1S/C26H28BrN3O5S/c1-3-15-35-24-14-13-20(16-25(24)34-4-2)18-28-29-26(31)19-30(22-10-8-9-21(27)17-22)36(32,33)23-11-6-5-7-12-23/h5-14,16-18H,3-4,15,19H2,1-2H3,(H,29,31)/b28-18-. The summed E-state index contributed by atoms with van der Waals surface area (Å²) in [6.07, 6.45) is 2.33. The van der Waals surface area contributed by atoms with E-state index in [0.717, 1.165) is 10.7 Å². The molecule has 0 fully saturated rings. The van der Waals surface area contributed by atoms with Crippen molar-refractivity contribution < 1.29 is 22.7 Å². The monoisotopic (exact) mass is 573 g/mol. The van der Waals surface area contributed by atoms with E-state index in [4.69, 9.17) is 9.47 Å². The molecular formula is C26H28BrN3O5S. The zero-order valence-corrected chi connectivity index (χ0v) is 22.5. The van der Waals surface area contributed by atoms with Gasteiger partial charge in [-0.05, 0) is 67.4 Å². The van der Waals surface area contributed by atoms with Gasteiger partial charge in [0, 0.05) is 4.47 Å². The number of carbonyl (C=O) groups is 1. The van der Waals surface area contributed by atoms with Crippen molar-refractivity contribution in [2.45, 2.75) is 25.2 Å². The largest absolute Gasteiger partial charge is 0.490 e. The van der Waals surface area contributed by atoms with Crippen LogP contribution in [-0.2, 0) is 14.8 Å². The Hall–Kier alpha value is -3.37. The Morgan fingerprint density at radius 2 is 1.78 bits per heavy atom. The van der Waals surface area contributed by atoms with Gasteiger partial charge < -0.3 is 9.47 Å². The van der Waals surface area contributed by atoms with Crippen LogP contribution in [0.3, 0.4) is 0 Å². The summed E-state index contributed by atoms with van der Waals surface area (Å²) < 4.78 is 39.8. The third-order valence-corrected chi connectivity index (χ3v) is 7.13. The first-order valence-corrected chi connectivity index (χ1v) is 13.6. The van der Waals surface area contributed by atoms with E-state index in [2.05, 4.69) is 26.5 Å². The summed E-state index contributed by atoms with van der Waals surface area (Å²) in [5.74, 6) is 0.616. The molecule has 1 amide bonds. The lowest BCUT2D eigenvalue weighted by atomic mass is 10.2. The van der Waals surface area contributed by atoms with Crippen LogP contribution in [0.4, 0.5) is 5.69 Å². The van der Waals surface area contributed by atoms with E-state index in [1.807, 2.05) is 13.8 Å². The molecule has 3 rings (SSSR count). The number of anilines is 1. The third-order valence-electron chi connectivity index (χ3n) is 4.85. The minimum Gasteiger partial charge on any atom is -0.490 e. The van der Waals surface area contributed by atoms with Gasteiger partial charge in [0.1, 0.15) is 6.54 Å². The van der Waals surface area contributed by atoms with Crippen LogP contribution in [0.1, 0.15) is 25.8 Å². The Kier molecular flexibility index (Phi) is 9.89. The lowest BCUT2D eigenvalue weighted by Crippen LogP contribution is -2.39. The first kappa shape index (κ1) is 27.2. The molecule has 3 aromatic carbocycles. The highest BCUT2D eigenvalue weighted by molar-refractivity contribution is 9.10. The van der Waals surface area contributed by atoms with Crippen molar-refractivity contribution >= 4 is 43.8 Å². The maximum Gasteiger partial charge on any atom is 0.264 e. The van der Waals surface area contributed by atoms with Crippen molar-refractivity contribution in [3.63, 3.8) is 0 Å². The van der Waals surface area contributed by atoms with E-state index in [-0.39, 0.29) is 4.90 Å². The number of carbonyl (C=O) groups excluding carboxylic acids is 1. The van der Waals surface area contributed by atoms with E-state index >= 15 is 0 Å². The minimum absolute atomic E-state index is 0.0788. The summed E-state index contributed by atoms with van der Waals surface area (Å²) in [5, 5.41) is 4.00. The Morgan fingerprint density at radius 1 is 1.00 bits per heavy atom. The molecule has 0 spiro atoms. The molecule has 0 aliphatic rings. The predicted molar refractivity (Wildman–Crippen MR) is 144 cm³/mol. The van der Waals surface area contributed by atoms with E-state index in [9.17, 15) is 13.2 Å². The molecule has 190 valence electrons. The number of hydrazone groups is 1. The molecule has 8 nitrogen and oxygen atoms in total. The quantitative estimate of drug-likeness (QED) is 0.243. The number of ether oxygens (including phenoxy) is 2. The van der Waals surface area contributed by atoms with E-state index < -0.39 is 22.5 Å². The molecule has 0 saturated carbocycles. The molecule has 0 aliphatic carbocycles. The number of nitrogens with zero attached hydrogens (tertiary/aromatic N) is 2. The van der Waals surface area contributed by atoms with Gasteiger partial charge in [0.05, 0.1) is 30.0 Å². The molecule has 1 N–H and O–H groups in total. The van der Waals surface area contributed by atoms with Gasteiger partial charge in [-0.3, -0.25) is 9.10 Å². The molecular weight excluding hydrogens is 546 g/mol. The van der Waals surface area contributed by atoms with Gasteiger partial charge in [-0.1, -0.05) is 47.1 Å². The van der Waals surface area contributed by atoms with E-state index in [1.54, 1.807) is 60.7 Å². The lowest BCUT2D eigenvalue weighted by molar-refractivity contribution is -0.119. The summed E-state index contributed by atoms with van der Waals surface area (Å²) >= 11 is 3.36. The topological polar surface area (TPSA) is 97.3 Å². The molecule has 36 heavy (non-hydrogen) atoms. The zero-order chi connectivity index (χ0) is 26.0. The number of hydrogen-bond acceptors (Lipinski definition) is 6. The van der Waals surface area contributed by atoms with Gasteiger partial charge in [0.2, 0.25) is 0 Å². The van der Waals surface area contributed by atoms with Crippen molar-refractivity contribution in [3.05, 3.63) is 82.8 Å². The predicted octanol–water partition coefficient (Wildman–Crippen LogP) is 4.98. The van der Waals surface area contributed by atoms with Crippen molar-refractivity contribution in [2.24, 2.45) is 5.10 Å². The number of sulfonamides is 1. The van der Waals surface area contributed by atoms with Crippen LogP contribution in [0.25, 0.3) is 0 Å². The van der Waals surface area contributed by atoms with Crippen molar-refractivity contribution in [1.29, 1.82) is 0 Å². The van der Waals surface area contributed by atoms with Crippen molar-refractivity contribution in [3.8, 4) is 11.5 Å². The van der Waals surface area contributed by atoms with Gasteiger partial charge in [0.25, 0.3) is 15.9 Å². The molecule has 0 bridgehead atoms. The fourth-order valence-electron chi connectivity index (χ4n) is 3.22. The Morgan fingerprint density at radius 3 is 2.47 bits per heavy atom. The van der Waals surface area contributed by atoms with Gasteiger partial charge in [-0.15, -0.1) is 0 Å². The number of amides is 1. The van der Waals surface area contributed by atoms with E-state index in [1.165, 1.54) is 18.3 Å². The molecule has 0 heterocycles. The van der Waals surface area contributed by atoms with Gasteiger partial charge in [0.15, 0.2) is 11.5 Å². The fourth-order valence-corrected chi connectivity index (χ4v) is 5.04. The number of benzene rings is 3. The molecule has 10 heteroatoms. The highest BCUT2D eigenvalue weighted by Gasteiger charge is 2.27. The van der Waals surface area contributed by atoms with Gasteiger partial charge in [-0.25, -0.2) is 13.8 Å². The van der Waals surface area contributed by atoms with Crippen LogP contribution in [0.5, 0.6) is 11.5 Å².